The quantitative estimate of drug-likeness (QED) is 0.357. The molecule has 0 spiro atoms. The first kappa shape index (κ1) is 26.0. The van der Waals surface area contributed by atoms with Gasteiger partial charge in [-0.1, -0.05) is 92.9 Å². The summed E-state index contributed by atoms with van der Waals surface area (Å²) in [6, 6.07) is 18.8. The Morgan fingerprint density at radius 1 is 0.763 bits per heavy atom. The lowest BCUT2D eigenvalue weighted by molar-refractivity contribution is -0.138. The zero-order valence-corrected chi connectivity index (χ0v) is 21.3. The van der Waals surface area contributed by atoms with E-state index in [-0.39, 0.29) is 17.0 Å². The van der Waals surface area contributed by atoms with Gasteiger partial charge in [-0.3, -0.25) is 4.79 Å². The summed E-state index contributed by atoms with van der Waals surface area (Å²) in [5.74, 6) is -3.48. The maximum atomic E-state index is 16.0. The lowest BCUT2D eigenvalue weighted by atomic mass is 9.52. The highest BCUT2D eigenvalue weighted by Gasteiger charge is 2.52. The van der Waals surface area contributed by atoms with Crippen LogP contribution in [0.3, 0.4) is 0 Å². The van der Waals surface area contributed by atoms with Gasteiger partial charge in [-0.2, -0.15) is 0 Å². The predicted molar refractivity (Wildman–Crippen MR) is 144 cm³/mol. The normalized spacial score (nSPS) is 25.4. The third-order valence-electron chi connectivity index (χ3n) is 8.49. The van der Waals surface area contributed by atoms with Crippen LogP contribution < -0.4 is 0 Å². The van der Waals surface area contributed by atoms with Crippen molar-refractivity contribution < 1.29 is 23.1 Å². The molecule has 0 amide bonds. The zero-order valence-electron chi connectivity index (χ0n) is 21.3. The molecular weight excluding hydrogens is 485 g/mol. The van der Waals surface area contributed by atoms with Crippen LogP contribution in [0.5, 0.6) is 0 Å². The van der Waals surface area contributed by atoms with Crippen LogP contribution in [-0.2, 0) is 10.2 Å². The number of hydrogen-bond donors (Lipinski definition) is 1. The van der Waals surface area contributed by atoms with Crippen molar-refractivity contribution in [2.45, 2.75) is 44.4 Å². The summed E-state index contributed by atoms with van der Waals surface area (Å²) in [5.41, 5.74) is 0.207. The van der Waals surface area contributed by atoms with E-state index >= 15 is 13.2 Å². The van der Waals surface area contributed by atoms with Gasteiger partial charge in [-0.05, 0) is 54.0 Å². The van der Waals surface area contributed by atoms with Gasteiger partial charge in [0, 0.05) is 16.7 Å². The third kappa shape index (κ3) is 4.38. The van der Waals surface area contributed by atoms with Gasteiger partial charge in [0.15, 0.2) is 0 Å². The summed E-state index contributed by atoms with van der Waals surface area (Å²) in [6.45, 7) is 2.16. The first-order valence-corrected chi connectivity index (χ1v) is 13.3. The molecule has 196 valence electrons. The van der Waals surface area contributed by atoms with Gasteiger partial charge in [0.2, 0.25) is 0 Å². The Balaban J connectivity index is 1.90. The summed E-state index contributed by atoms with van der Waals surface area (Å²) in [4.78, 5) is 12.4. The van der Waals surface area contributed by atoms with E-state index in [0.29, 0.717) is 22.6 Å². The molecule has 2 aliphatic rings. The molecule has 5 rings (SSSR count). The van der Waals surface area contributed by atoms with Gasteiger partial charge >= 0.3 is 5.97 Å². The molecule has 5 heteroatoms. The number of rotatable bonds is 6. The predicted octanol–water partition coefficient (Wildman–Crippen LogP) is 8.44. The number of benzene rings is 3. The Kier molecular flexibility index (Phi) is 7.29. The minimum absolute atomic E-state index is 0.200. The van der Waals surface area contributed by atoms with Gasteiger partial charge < -0.3 is 5.11 Å². The second-order valence-corrected chi connectivity index (χ2v) is 10.4. The van der Waals surface area contributed by atoms with Crippen LogP contribution in [0, 0.1) is 35.2 Å². The average Bonchev–Trinajstić information content (AvgIpc) is 2.93. The molecule has 0 bridgehead atoms. The number of aliphatic carboxylic acids is 1. The summed E-state index contributed by atoms with van der Waals surface area (Å²) >= 11 is 0. The van der Waals surface area contributed by atoms with Gasteiger partial charge in [0.05, 0.1) is 11.3 Å². The van der Waals surface area contributed by atoms with Crippen molar-refractivity contribution in [3.63, 3.8) is 0 Å². The second kappa shape index (κ2) is 10.6. The van der Waals surface area contributed by atoms with E-state index in [1.807, 2.05) is 0 Å². The standard InChI is InChI=1S/C33H31F3O2/c1-2-21-15-17-23(18-16-21)33(26-11-5-8-14-31(26)36)27(24-9-3-6-12-29(24)34)19-22(32(37)38)20-28(33)25-10-4-7-13-30(25)35/h3-14,19-23H,2,15-18H2,1H3,(H,37,38)/t21-,22?,23-,33?. The summed E-state index contributed by atoms with van der Waals surface area (Å²) in [7, 11) is 0. The number of carboxylic acid groups (broad SMARTS) is 1. The molecule has 3 aromatic carbocycles. The molecule has 0 aliphatic heterocycles. The van der Waals surface area contributed by atoms with Crippen molar-refractivity contribution in [1.82, 2.24) is 0 Å². The average molecular weight is 517 g/mol. The smallest absolute Gasteiger partial charge is 0.314 e. The summed E-state index contributed by atoms with van der Waals surface area (Å²) in [6.07, 6.45) is 7.40. The van der Waals surface area contributed by atoms with Crippen molar-refractivity contribution >= 4 is 17.1 Å². The monoisotopic (exact) mass is 516 g/mol. The molecular formula is C33H31F3O2. The van der Waals surface area contributed by atoms with Crippen LogP contribution in [0.1, 0.15) is 55.7 Å². The molecule has 0 radical (unpaired) electrons. The maximum absolute atomic E-state index is 16.0. The summed E-state index contributed by atoms with van der Waals surface area (Å²) < 4.78 is 47.2. The van der Waals surface area contributed by atoms with Crippen LogP contribution in [0.4, 0.5) is 13.2 Å². The van der Waals surface area contributed by atoms with Gasteiger partial charge in [-0.15, -0.1) is 0 Å². The number of halogens is 3. The molecule has 1 fully saturated rings. The van der Waals surface area contributed by atoms with Gasteiger partial charge in [0.25, 0.3) is 0 Å². The van der Waals surface area contributed by atoms with Crippen LogP contribution >= 0.6 is 0 Å². The van der Waals surface area contributed by atoms with E-state index in [4.69, 9.17) is 0 Å². The Morgan fingerprint density at radius 3 is 1.68 bits per heavy atom. The third-order valence-corrected chi connectivity index (χ3v) is 8.49. The summed E-state index contributed by atoms with van der Waals surface area (Å²) in [5, 5.41) is 10.1. The van der Waals surface area contributed by atoms with E-state index in [9.17, 15) is 9.90 Å². The van der Waals surface area contributed by atoms with Gasteiger partial charge in [0.1, 0.15) is 17.5 Å². The van der Waals surface area contributed by atoms with Gasteiger partial charge in [-0.25, -0.2) is 13.2 Å². The Morgan fingerprint density at radius 2 is 1.24 bits per heavy atom. The van der Waals surface area contributed by atoms with Crippen LogP contribution in [0.15, 0.2) is 84.9 Å². The number of hydrogen-bond acceptors (Lipinski definition) is 1. The van der Waals surface area contributed by atoms with E-state index in [0.717, 1.165) is 32.1 Å². The molecule has 0 aromatic heterocycles. The molecule has 0 unspecified atom stereocenters. The lowest BCUT2D eigenvalue weighted by Gasteiger charge is -2.50. The highest BCUT2D eigenvalue weighted by Crippen LogP contribution is 2.60. The molecule has 1 N–H and O–H groups in total. The van der Waals surface area contributed by atoms with Crippen LogP contribution in [0.25, 0.3) is 11.1 Å². The molecule has 0 saturated heterocycles. The largest absolute Gasteiger partial charge is 0.481 e. The zero-order chi connectivity index (χ0) is 26.9. The molecule has 2 aliphatic carbocycles. The molecule has 2 nitrogen and oxygen atoms in total. The van der Waals surface area contributed by atoms with E-state index in [1.165, 1.54) is 18.2 Å². The Labute approximate surface area is 221 Å². The topological polar surface area (TPSA) is 37.3 Å². The minimum Gasteiger partial charge on any atom is -0.481 e. The van der Waals surface area contributed by atoms with E-state index < -0.39 is 34.8 Å². The molecule has 0 heterocycles. The fourth-order valence-electron chi connectivity index (χ4n) is 6.66. The molecule has 1 saturated carbocycles. The molecule has 3 aromatic rings. The molecule has 0 atom stereocenters. The first-order valence-electron chi connectivity index (χ1n) is 13.3. The van der Waals surface area contributed by atoms with Crippen LogP contribution in [-0.4, -0.2) is 11.1 Å². The Bertz CT molecular complexity index is 1340. The van der Waals surface area contributed by atoms with E-state index in [1.54, 1.807) is 66.7 Å². The van der Waals surface area contributed by atoms with Crippen molar-refractivity contribution in [3.05, 3.63) is 119 Å². The number of carboxylic acids is 1. The van der Waals surface area contributed by atoms with Crippen molar-refractivity contribution in [2.75, 3.05) is 0 Å². The highest BCUT2D eigenvalue weighted by atomic mass is 19.1. The van der Waals surface area contributed by atoms with Crippen molar-refractivity contribution in [1.29, 1.82) is 0 Å². The lowest BCUT2D eigenvalue weighted by Crippen LogP contribution is -2.43. The SMILES string of the molecule is CC[C@H]1CC[C@H](C2(c3ccccc3F)C(c3ccccc3F)=CC(C(=O)O)C=C2c2ccccc2F)CC1. The maximum Gasteiger partial charge on any atom is 0.314 e. The fourth-order valence-corrected chi connectivity index (χ4v) is 6.66. The minimum atomic E-state index is -1.29. The van der Waals surface area contributed by atoms with Crippen molar-refractivity contribution in [2.24, 2.45) is 17.8 Å². The number of carbonyl (C=O) groups is 1. The fraction of sp³-hybridized carbons (Fsp3) is 0.303. The van der Waals surface area contributed by atoms with E-state index in [2.05, 4.69) is 6.92 Å². The molecule has 38 heavy (non-hydrogen) atoms. The number of allylic oxidation sites excluding steroid dienone is 2. The first-order chi connectivity index (χ1) is 18.4. The highest BCUT2D eigenvalue weighted by molar-refractivity contribution is 5.98. The Hall–Kier alpha value is -3.60. The van der Waals surface area contributed by atoms with Crippen LogP contribution in [0.2, 0.25) is 0 Å². The second-order valence-electron chi connectivity index (χ2n) is 10.4. The van der Waals surface area contributed by atoms with Crippen molar-refractivity contribution in [3.8, 4) is 0 Å².